The van der Waals surface area contributed by atoms with Gasteiger partial charge >= 0.3 is 22.8 Å². The molecule has 66 heteroatoms. The van der Waals surface area contributed by atoms with Crippen molar-refractivity contribution in [2.75, 3.05) is 85.0 Å². The molecule has 1 unspecified atom stereocenters. The molecule has 7 saturated heterocycles. The molecule has 25 atom stereocenters. The van der Waals surface area contributed by atoms with E-state index in [0.29, 0.717) is 63.4 Å². The summed E-state index contributed by atoms with van der Waals surface area (Å²) in [6.45, 7) is 13.1. The molecule has 7 fully saturated rings. The monoisotopic (exact) mass is 2130 g/mol. The van der Waals surface area contributed by atoms with Gasteiger partial charge < -0.3 is 200 Å². The Morgan fingerprint density at radius 2 is 0.701 bits per heavy atom. The van der Waals surface area contributed by atoms with Crippen LogP contribution in [0, 0.1) is 34.6 Å². The lowest BCUT2D eigenvalue weighted by Crippen LogP contribution is -2.37. The number of aryl methyl sites for hydroxylation is 5. The lowest BCUT2D eigenvalue weighted by molar-refractivity contribution is -0.0566. The molecule has 0 bridgehead atoms. The quantitative estimate of drug-likeness (QED) is 0.0265. The Morgan fingerprint density at radius 3 is 1.03 bits per heavy atom. The second-order valence-corrected chi connectivity index (χ2v) is 40.8. The van der Waals surface area contributed by atoms with E-state index in [1.165, 1.54) is 64.8 Å². The number of aliphatic hydroxyl groups is 13. The fourth-order valence-electron chi connectivity index (χ4n) is 17.9. The third-order valence-electron chi connectivity index (χ3n) is 24.8. The molecule has 0 aromatic carbocycles. The second kappa shape index (κ2) is 43.9. The van der Waals surface area contributed by atoms with E-state index in [9.17, 15) is 93.9 Å². The van der Waals surface area contributed by atoms with Crippen molar-refractivity contribution < 1.29 is 156 Å². The van der Waals surface area contributed by atoms with E-state index >= 15 is 0 Å². The Bertz CT molecular complexity index is 6970. The van der Waals surface area contributed by atoms with Gasteiger partial charge in [0.25, 0.3) is 23.6 Å². The average Bonchev–Trinajstić information content (AvgIpc) is 1.63. The van der Waals surface area contributed by atoms with Crippen LogP contribution in [0.5, 0.6) is 0 Å². The van der Waals surface area contributed by atoms with Crippen molar-refractivity contribution in [1.82, 2.24) is 97.6 Å². The zero-order valence-corrected chi connectivity index (χ0v) is 82.1. The van der Waals surface area contributed by atoms with Crippen molar-refractivity contribution in [2.24, 2.45) is 22.9 Å². The van der Waals surface area contributed by atoms with Gasteiger partial charge in [-0.15, -0.1) is 0 Å². The van der Waals surface area contributed by atoms with E-state index in [1.807, 2.05) is 6.92 Å². The van der Waals surface area contributed by atoms with Crippen LogP contribution in [-0.2, 0) is 55.7 Å². The maximum atomic E-state index is 12.7. The van der Waals surface area contributed by atoms with E-state index < -0.39 is 213 Å². The van der Waals surface area contributed by atoms with Crippen molar-refractivity contribution in [3.05, 3.63) is 88.6 Å². The summed E-state index contributed by atoms with van der Waals surface area (Å²) in [5, 5.41) is 141. The molecule has 19 rings (SSSR count). The van der Waals surface area contributed by atoms with Gasteiger partial charge in [0.2, 0.25) is 5.95 Å². The number of aromatic nitrogens is 20. The molecule has 4 amide bonds. The topological polar surface area (TPSA) is 1020 Å². The Kier molecular flexibility index (Phi) is 33.0. The highest BCUT2D eigenvalue weighted by Gasteiger charge is 2.54. The number of amides is 4. The van der Waals surface area contributed by atoms with Gasteiger partial charge in [0.15, 0.2) is 54.3 Å². The molecule has 12 aromatic rings. The van der Waals surface area contributed by atoms with Crippen LogP contribution in [-0.4, -0.2) is 357 Å². The first kappa shape index (κ1) is 110. The molecule has 7 aliphatic heterocycles. The summed E-state index contributed by atoms with van der Waals surface area (Å²) in [4.78, 5) is 124. The van der Waals surface area contributed by atoms with Crippen LogP contribution in [0.2, 0.25) is 0 Å². The summed E-state index contributed by atoms with van der Waals surface area (Å²) in [6, 6.07) is 0. The zero-order valence-electron chi connectivity index (χ0n) is 79.4. The number of carbonyl (C=O) groups is 4. The highest BCUT2D eigenvalue weighted by Crippen LogP contribution is 2.55. The predicted molar refractivity (Wildman–Crippen MR) is 509 cm³/mol. The van der Waals surface area contributed by atoms with Crippen LogP contribution in [0.4, 0.5) is 40.9 Å². The van der Waals surface area contributed by atoms with Crippen molar-refractivity contribution in [3.8, 4) is 0 Å². The summed E-state index contributed by atoms with van der Waals surface area (Å²) in [6.07, 6.45) is -16.9. The SMILES string of the molecule is CCOP(=O)(CC[C@H]1O[C@@H](n2cc(C(N)=O)c3c(N)nc(C)nc32)[C@H](O)[C@@H]1O)OCC.CC[C@H]1O[C@@H](n2ncc3c(N)nc(C)nc32)[C@H](O)[C@@H]1O.Cc1nc(N)c2c(C(N)=O)cn([C@@H]3O[C@@H]4CCP(=O)(O)O[C@H]4[C@H]3O)c2n1.Cc1nc(N)c2c(C(N)=O)cn([C@@H]3O[C@H](CCP(=O)(O)O)[C@@H](O)[C@H]3O)c2n1.Cc1nc(N)c2cnn([C@@H]3O[C@H](CO)[C@@H](O)[C@H]3O)c2n1.NC(=O)c1cn([C@@H]2O[C@H](CO)[C@@H](O)[C@H]2O)c2nc(N)nc(N)c12. The number of aliphatic hydroxyl groups excluding tert-OH is 13. The van der Waals surface area contributed by atoms with E-state index in [0.717, 1.165) is 0 Å². The molecule has 19 heterocycles. The average molecular weight is 2130 g/mol. The minimum Gasteiger partial charge on any atom is -0.394 e. The second-order valence-electron chi connectivity index (χ2n) is 34.9. The normalized spacial score (nSPS) is 28.4. The number of hydrogen-bond donors (Lipinski definition) is 27. The van der Waals surface area contributed by atoms with Gasteiger partial charge in [0, 0.05) is 24.8 Å². The first-order valence-electron chi connectivity index (χ1n) is 45.3. The standard InChI is InChI=1S/C18H28N5O7P.C14H20N5O7P.C14H18N5O6P.C12H16N6O5.C12H17N5O3.C11H15N5O4/c1-4-28-31(27,29-5-2)7-6-11-13(24)14(25)18(30-11)23-8-10(16(20)26)12-15(19)21-9(3)22-17(12)23;1-5-17-11(15)8-6(12(16)22)4-19(13(8)18-5)14-10(21)9(20)7(26-14)2-3-27(23,24)25;1-5-17-11(15)8-6(12(16)21)4-19(13(8)18-5)14-9(20)10-7(24-14)2-3-26(22,23)25-10;13-8-5-3(9(14)22)1-18(10(5)17-12(15)16-8)11-7(21)6(20)4(2-19)23-11;1-3-7-8(18)9(19)12(20-7)17-11-6(4-14-17)10(13)15-5(2)16-11;1-4-14-9(12)5-2-13-16(10(5)15-4)11-8(19)7(18)6(3-17)20-11/h8,11,13-14,18,24-25H,4-7H2,1-3H3,(H2,20,26)(H2,19,21,22);4,7,9-10,14,20-21H,2-3H2,1H3,(H2,16,22)(H2,15,17,18)(H2,23,24,25);4,7,9-10,14,20H,2-3H2,1H3,(H2,16,21)(H,22,23)(H2,15,17,18);1,4,6-7,11,19-21H,2H2,(H2,14,22)(H4,13,15,16,17);4,7-9,12,18-19H,3H2,1-2H3,(H2,13,15,16);2,6-8,11,17-19H,3H2,1H3,(H2,12,14,15)/t11-,13-,14-,18-;2*7-,9-,10-,14-;4-,6-,7-,11-;7-,8-,9-,12-;6-,7-,8-,11-/m111111/s1. The van der Waals surface area contributed by atoms with Crippen LogP contribution in [0.25, 0.3) is 66.2 Å². The summed E-state index contributed by atoms with van der Waals surface area (Å²) >= 11 is 0. The third-order valence-corrected chi connectivity index (χ3v) is 29.1. The number of nitrogen functional groups attached to an aromatic ring is 7. The van der Waals surface area contributed by atoms with Gasteiger partial charge in [0.1, 0.15) is 166 Å². The fraction of sp³-hybridized carbons (Fsp3) is 0.531. The molecule has 0 aliphatic carbocycles. The minimum absolute atomic E-state index is 0.00301. The fourth-order valence-corrected chi connectivity index (χ4v) is 21.5. The number of primary amides is 4. The Labute approximate surface area is 828 Å². The van der Waals surface area contributed by atoms with Crippen LogP contribution in [0.1, 0.15) is 154 Å². The number of carbonyl (C=O) groups excluding carboxylic acids is 4. The van der Waals surface area contributed by atoms with E-state index in [1.54, 1.807) is 48.5 Å². The largest absolute Gasteiger partial charge is 0.394 e. The number of hydrogen-bond acceptors (Lipinski definition) is 50. The van der Waals surface area contributed by atoms with E-state index in [2.05, 4.69) is 70.0 Å². The van der Waals surface area contributed by atoms with Gasteiger partial charge in [-0.25, -0.2) is 59.2 Å². The van der Waals surface area contributed by atoms with E-state index in [-0.39, 0.29) is 146 Å². The van der Waals surface area contributed by atoms with Crippen LogP contribution < -0.4 is 63.1 Å². The maximum Gasteiger partial charge on any atom is 0.330 e. The van der Waals surface area contributed by atoms with Crippen molar-refractivity contribution in [2.45, 2.75) is 228 Å². The molecule has 7 aliphatic rings. The first-order chi connectivity index (χ1) is 69.2. The van der Waals surface area contributed by atoms with Gasteiger partial charge in [-0.1, -0.05) is 6.92 Å². The molecular weight excluding hydrogens is 2010 g/mol. The number of ether oxygens (including phenoxy) is 6. The summed E-state index contributed by atoms with van der Waals surface area (Å²) in [5.74, 6) is -0.452. The molecule has 0 saturated carbocycles. The molecule has 38 N–H and O–H groups in total. The van der Waals surface area contributed by atoms with Crippen molar-refractivity contribution in [3.63, 3.8) is 0 Å². The van der Waals surface area contributed by atoms with Crippen molar-refractivity contribution >= 4 is 153 Å². The first-order valence-corrected chi connectivity index (χ1v) is 50.5. The lowest BCUT2D eigenvalue weighted by atomic mass is 10.1. The van der Waals surface area contributed by atoms with Gasteiger partial charge in [-0.3, -0.25) is 37.4 Å². The van der Waals surface area contributed by atoms with E-state index in [4.69, 9.17) is 125 Å². The Balaban J connectivity index is 0.000000140. The summed E-state index contributed by atoms with van der Waals surface area (Å²) < 4.78 is 93.3. The smallest absolute Gasteiger partial charge is 0.330 e. The van der Waals surface area contributed by atoms with Crippen LogP contribution in [0.3, 0.4) is 0 Å². The van der Waals surface area contributed by atoms with Gasteiger partial charge in [-0.2, -0.15) is 20.2 Å². The van der Waals surface area contributed by atoms with Gasteiger partial charge in [0.05, 0.1) is 136 Å². The molecule has 800 valence electrons. The van der Waals surface area contributed by atoms with Crippen LogP contribution in [0.15, 0.2) is 37.2 Å². The molecule has 0 spiro atoms. The number of nitrogens with zero attached hydrogens (tertiary/aromatic N) is 20. The number of anilines is 7. The maximum absolute atomic E-state index is 12.7. The molecular formula is C81H114N31O32P3. The highest BCUT2D eigenvalue weighted by atomic mass is 31.2. The number of nitrogens with two attached hydrogens (primary N) is 11. The Hall–Kier alpha value is -12.2. The third kappa shape index (κ3) is 22.3. The lowest BCUT2D eigenvalue weighted by Gasteiger charge is -2.28. The predicted octanol–water partition coefficient (Wildman–Crippen LogP) is -5.66. The highest BCUT2D eigenvalue weighted by molar-refractivity contribution is 7.54. The zero-order chi connectivity index (χ0) is 108. The summed E-state index contributed by atoms with van der Waals surface area (Å²) in [5.41, 5.74) is 64.3. The summed E-state index contributed by atoms with van der Waals surface area (Å²) in [7, 11) is -11.4. The van der Waals surface area contributed by atoms with Crippen molar-refractivity contribution in [1.29, 1.82) is 0 Å². The van der Waals surface area contributed by atoms with Crippen LogP contribution >= 0.6 is 22.8 Å². The molecule has 12 aromatic heterocycles. The Morgan fingerprint density at radius 1 is 0.401 bits per heavy atom. The van der Waals surface area contributed by atoms with Gasteiger partial charge in [-0.05, 0) is 74.1 Å². The minimum atomic E-state index is -4.30. The molecule has 0 radical (unpaired) electrons. The number of fused-ring (bicyclic) bond motifs is 7. The molecule has 63 nitrogen and oxygen atoms in total. The molecule has 147 heavy (non-hydrogen) atoms. The number of rotatable bonds is 23.